The molecule has 0 bridgehead atoms. The van der Waals surface area contributed by atoms with E-state index in [2.05, 4.69) is 5.32 Å². The molecule has 23 heavy (non-hydrogen) atoms. The molecule has 120 valence electrons. The zero-order chi connectivity index (χ0) is 16.2. The zero-order valence-electron chi connectivity index (χ0n) is 13.1. The van der Waals surface area contributed by atoms with Gasteiger partial charge in [0.05, 0.1) is 11.8 Å². The van der Waals surface area contributed by atoms with E-state index in [9.17, 15) is 9.59 Å². The first-order chi connectivity index (χ1) is 11.1. The summed E-state index contributed by atoms with van der Waals surface area (Å²) in [5.41, 5.74) is 2.50. The monoisotopic (exact) mass is 312 g/mol. The van der Waals surface area contributed by atoms with E-state index in [0.717, 1.165) is 11.3 Å². The lowest BCUT2D eigenvalue weighted by molar-refractivity contribution is -0.121. The van der Waals surface area contributed by atoms with Gasteiger partial charge in [-0.15, -0.1) is 0 Å². The molecule has 0 atom stereocenters. The van der Waals surface area contributed by atoms with Crippen molar-refractivity contribution in [3.8, 4) is 0 Å². The number of aryl methyl sites for hydroxylation is 1. The zero-order valence-corrected chi connectivity index (χ0v) is 13.1. The van der Waals surface area contributed by atoms with Gasteiger partial charge in [-0.25, -0.2) is 0 Å². The first-order valence-electron chi connectivity index (χ1n) is 7.82. The normalized spacial score (nSPS) is 15.4. The molecule has 1 N–H and O–H groups in total. The fourth-order valence-electron chi connectivity index (χ4n) is 2.88. The highest BCUT2D eigenvalue weighted by Gasteiger charge is 2.28. The lowest BCUT2D eigenvalue weighted by atomic mass is 9.95. The second-order valence-corrected chi connectivity index (χ2v) is 5.94. The smallest absolute Gasteiger partial charge is 0.257 e. The number of carbonyl (C=O) groups is 2. The van der Waals surface area contributed by atoms with Crippen molar-refractivity contribution in [2.45, 2.75) is 19.8 Å². The molecule has 2 aromatic rings. The number of hydrogen-bond donors (Lipinski definition) is 1. The van der Waals surface area contributed by atoms with Crippen molar-refractivity contribution in [2.75, 3.05) is 18.4 Å². The molecule has 1 saturated heterocycles. The van der Waals surface area contributed by atoms with Crippen LogP contribution in [0, 0.1) is 12.8 Å². The molecular weight excluding hydrogens is 292 g/mol. The highest BCUT2D eigenvalue weighted by Crippen LogP contribution is 2.21. The molecule has 2 amide bonds. The fraction of sp³-hybridized carbons (Fsp3) is 0.333. The number of amides is 2. The van der Waals surface area contributed by atoms with Crippen LogP contribution >= 0.6 is 0 Å². The molecular formula is C18H20N2O3. The van der Waals surface area contributed by atoms with Crippen molar-refractivity contribution in [1.82, 2.24) is 4.90 Å². The number of carbonyl (C=O) groups excluding carboxylic acids is 2. The van der Waals surface area contributed by atoms with Crippen LogP contribution in [0.5, 0.6) is 0 Å². The van der Waals surface area contributed by atoms with Gasteiger partial charge < -0.3 is 14.6 Å². The Morgan fingerprint density at radius 1 is 1.22 bits per heavy atom. The maximum Gasteiger partial charge on any atom is 0.257 e. The molecule has 1 fully saturated rings. The minimum Gasteiger partial charge on any atom is -0.472 e. The van der Waals surface area contributed by atoms with Gasteiger partial charge in [-0.3, -0.25) is 9.59 Å². The summed E-state index contributed by atoms with van der Waals surface area (Å²) in [5.74, 6) is -0.0498. The van der Waals surface area contributed by atoms with E-state index >= 15 is 0 Å². The highest BCUT2D eigenvalue weighted by molar-refractivity contribution is 5.95. The third-order valence-corrected chi connectivity index (χ3v) is 4.21. The van der Waals surface area contributed by atoms with Crippen molar-refractivity contribution in [3.63, 3.8) is 0 Å². The molecule has 1 aromatic carbocycles. The Kier molecular flexibility index (Phi) is 4.46. The van der Waals surface area contributed by atoms with E-state index < -0.39 is 0 Å². The topological polar surface area (TPSA) is 62.6 Å². The molecule has 1 aliphatic rings. The number of nitrogens with one attached hydrogen (secondary N) is 1. The molecule has 0 spiro atoms. The average Bonchev–Trinajstić information content (AvgIpc) is 3.09. The average molecular weight is 312 g/mol. The second-order valence-electron chi connectivity index (χ2n) is 5.94. The van der Waals surface area contributed by atoms with E-state index in [1.54, 1.807) is 11.0 Å². The van der Waals surface area contributed by atoms with Crippen LogP contribution in [0.15, 0.2) is 47.3 Å². The van der Waals surface area contributed by atoms with Crippen LogP contribution in [0.2, 0.25) is 0 Å². The Labute approximate surface area is 135 Å². The largest absolute Gasteiger partial charge is 0.472 e. The van der Waals surface area contributed by atoms with Gasteiger partial charge in [0.2, 0.25) is 5.91 Å². The molecule has 0 aliphatic carbocycles. The van der Waals surface area contributed by atoms with Crippen LogP contribution in [0.25, 0.3) is 0 Å². The Hall–Kier alpha value is -2.56. The molecule has 2 heterocycles. The van der Waals surface area contributed by atoms with Crippen molar-refractivity contribution in [3.05, 3.63) is 54.0 Å². The van der Waals surface area contributed by atoms with Gasteiger partial charge in [0.25, 0.3) is 5.91 Å². The molecule has 1 aromatic heterocycles. The minimum absolute atomic E-state index is 0.0312. The first kappa shape index (κ1) is 15.3. The van der Waals surface area contributed by atoms with Crippen molar-refractivity contribution in [1.29, 1.82) is 0 Å². The second kappa shape index (κ2) is 6.69. The Balaban J connectivity index is 1.54. The van der Waals surface area contributed by atoms with Crippen LogP contribution in [-0.2, 0) is 4.79 Å². The number of piperidine rings is 1. The van der Waals surface area contributed by atoms with Crippen molar-refractivity contribution < 1.29 is 14.0 Å². The Bertz CT molecular complexity index is 686. The third kappa shape index (κ3) is 3.62. The molecule has 5 heteroatoms. The molecule has 0 saturated carbocycles. The quantitative estimate of drug-likeness (QED) is 0.947. The minimum atomic E-state index is -0.0519. The van der Waals surface area contributed by atoms with Crippen molar-refractivity contribution >= 4 is 17.5 Å². The van der Waals surface area contributed by atoms with Crippen LogP contribution in [0.4, 0.5) is 5.69 Å². The molecule has 5 nitrogen and oxygen atoms in total. The Morgan fingerprint density at radius 3 is 2.65 bits per heavy atom. The number of furan rings is 1. The molecule has 1 aliphatic heterocycles. The first-order valence-corrected chi connectivity index (χ1v) is 7.82. The maximum absolute atomic E-state index is 12.4. The maximum atomic E-state index is 12.4. The summed E-state index contributed by atoms with van der Waals surface area (Å²) in [4.78, 5) is 26.4. The van der Waals surface area contributed by atoms with Crippen LogP contribution in [0.3, 0.4) is 0 Å². The number of anilines is 1. The number of likely N-dealkylation sites (tertiary alicyclic amines) is 1. The summed E-state index contributed by atoms with van der Waals surface area (Å²) < 4.78 is 4.95. The van der Waals surface area contributed by atoms with Crippen molar-refractivity contribution in [2.24, 2.45) is 5.92 Å². The van der Waals surface area contributed by atoms with Gasteiger partial charge in [0, 0.05) is 24.7 Å². The van der Waals surface area contributed by atoms with E-state index in [-0.39, 0.29) is 17.7 Å². The van der Waals surface area contributed by atoms with Crippen LogP contribution in [-0.4, -0.2) is 29.8 Å². The number of rotatable bonds is 3. The van der Waals surface area contributed by atoms with Gasteiger partial charge in [-0.2, -0.15) is 0 Å². The third-order valence-electron chi connectivity index (χ3n) is 4.21. The summed E-state index contributed by atoms with van der Waals surface area (Å²) in [5, 5.41) is 2.97. The lowest BCUT2D eigenvalue weighted by Gasteiger charge is -2.31. The summed E-state index contributed by atoms with van der Waals surface area (Å²) in [6.45, 7) is 3.18. The van der Waals surface area contributed by atoms with E-state index in [0.29, 0.717) is 31.5 Å². The number of nitrogens with zero attached hydrogens (tertiary/aromatic N) is 1. The Morgan fingerprint density at radius 2 is 2.00 bits per heavy atom. The van der Waals surface area contributed by atoms with Gasteiger partial charge in [-0.05, 0) is 43.5 Å². The lowest BCUT2D eigenvalue weighted by Crippen LogP contribution is -2.41. The van der Waals surface area contributed by atoms with Gasteiger partial charge in [0.15, 0.2) is 0 Å². The van der Waals surface area contributed by atoms with Crippen LogP contribution in [0.1, 0.15) is 28.8 Å². The summed E-state index contributed by atoms with van der Waals surface area (Å²) in [7, 11) is 0. The highest BCUT2D eigenvalue weighted by atomic mass is 16.3. The predicted molar refractivity (Wildman–Crippen MR) is 87.1 cm³/mol. The van der Waals surface area contributed by atoms with Gasteiger partial charge in [0.1, 0.15) is 6.26 Å². The number of benzene rings is 1. The number of hydrogen-bond acceptors (Lipinski definition) is 3. The molecule has 0 radical (unpaired) electrons. The summed E-state index contributed by atoms with van der Waals surface area (Å²) >= 11 is 0. The van der Waals surface area contributed by atoms with Gasteiger partial charge >= 0.3 is 0 Å². The van der Waals surface area contributed by atoms with E-state index in [1.807, 2.05) is 31.2 Å². The predicted octanol–water partition coefficient (Wildman–Crippen LogP) is 3.08. The standard InChI is InChI=1S/C18H20N2O3/c1-13-3-2-4-16(11-13)19-17(21)14-5-8-20(9-6-14)18(22)15-7-10-23-12-15/h2-4,7,10-12,14H,5-6,8-9H2,1H3,(H,19,21). The fourth-order valence-corrected chi connectivity index (χ4v) is 2.88. The molecule has 3 rings (SSSR count). The summed E-state index contributed by atoms with van der Waals surface area (Å²) in [6, 6.07) is 9.43. The summed E-state index contributed by atoms with van der Waals surface area (Å²) in [6.07, 6.45) is 4.32. The van der Waals surface area contributed by atoms with Gasteiger partial charge in [-0.1, -0.05) is 12.1 Å². The molecule has 0 unspecified atom stereocenters. The van der Waals surface area contributed by atoms with E-state index in [4.69, 9.17) is 4.42 Å². The van der Waals surface area contributed by atoms with E-state index in [1.165, 1.54) is 12.5 Å². The SMILES string of the molecule is Cc1cccc(NC(=O)C2CCN(C(=O)c3ccoc3)CC2)c1. The van der Waals surface area contributed by atoms with Crippen LogP contribution < -0.4 is 5.32 Å².